The van der Waals surface area contributed by atoms with E-state index in [1.54, 1.807) is 18.2 Å². The lowest BCUT2D eigenvalue weighted by Gasteiger charge is -2.04. The average Bonchev–Trinajstić information content (AvgIpc) is 2.18. The topological polar surface area (TPSA) is 72.2 Å². The summed E-state index contributed by atoms with van der Waals surface area (Å²) < 4.78 is 0. The van der Waals surface area contributed by atoms with Crippen LogP contribution in [0.15, 0.2) is 18.2 Å². The van der Waals surface area contributed by atoms with E-state index in [9.17, 15) is 9.59 Å². The average molecular weight is 227 g/mol. The van der Waals surface area contributed by atoms with Crippen LogP contribution in [-0.2, 0) is 4.79 Å². The third-order valence-corrected chi connectivity index (χ3v) is 2.26. The van der Waals surface area contributed by atoms with Crippen LogP contribution in [0.3, 0.4) is 0 Å². The largest absolute Gasteiger partial charge is 0.368 e. The zero-order valence-corrected chi connectivity index (χ0v) is 8.97. The number of carbonyl (C=O) groups is 2. The van der Waals surface area contributed by atoms with E-state index in [4.69, 9.17) is 17.3 Å². The molecule has 0 aliphatic rings. The molecule has 1 rings (SSSR count). The second-order valence-corrected chi connectivity index (χ2v) is 3.52. The standard InChI is InChI=1S/C10H11ClN2O2/c1-6-2-3-7(4-8(6)11)10(15)13-5-9(12)14/h2-4H,5H2,1H3,(H2,12,14)(H,13,15). The van der Waals surface area contributed by atoms with Gasteiger partial charge in [-0.1, -0.05) is 17.7 Å². The van der Waals surface area contributed by atoms with Gasteiger partial charge in [0, 0.05) is 10.6 Å². The van der Waals surface area contributed by atoms with Crippen molar-refractivity contribution >= 4 is 23.4 Å². The Kier molecular flexibility index (Phi) is 3.68. The number of rotatable bonds is 3. The zero-order valence-electron chi connectivity index (χ0n) is 8.21. The maximum atomic E-state index is 11.4. The highest BCUT2D eigenvalue weighted by Gasteiger charge is 2.07. The zero-order chi connectivity index (χ0) is 11.4. The van der Waals surface area contributed by atoms with Crippen molar-refractivity contribution in [2.75, 3.05) is 6.54 Å². The maximum absolute atomic E-state index is 11.4. The molecule has 80 valence electrons. The molecular weight excluding hydrogens is 216 g/mol. The molecule has 1 aromatic carbocycles. The van der Waals surface area contributed by atoms with Gasteiger partial charge in [-0.2, -0.15) is 0 Å². The van der Waals surface area contributed by atoms with E-state index in [0.717, 1.165) is 5.56 Å². The fourth-order valence-corrected chi connectivity index (χ4v) is 1.18. The van der Waals surface area contributed by atoms with Gasteiger partial charge in [0.15, 0.2) is 0 Å². The van der Waals surface area contributed by atoms with Crippen molar-refractivity contribution in [3.8, 4) is 0 Å². The molecule has 4 nitrogen and oxygen atoms in total. The van der Waals surface area contributed by atoms with Crippen molar-refractivity contribution in [2.24, 2.45) is 5.73 Å². The molecule has 15 heavy (non-hydrogen) atoms. The highest BCUT2D eigenvalue weighted by molar-refractivity contribution is 6.31. The van der Waals surface area contributed by atoms with Crippen molar-refractivity contribution in [1.29, 1.82) is 0 Å². The van der Waals surface area contributed by atoms with Gasteiger partial charge < -0.3 is 11.1 Å². The predicted molar refractivity (Wildman–Crippen MR) is 57.7 cm³/mol. The van der Waals surface area contributed by atoms with Crippen LogP contribution in [0.25, 0.3) is 0 Å². The fourth-order valence-electron chi connectivity index (χ4n) is 1.00. The van der Waals surface area contributed by atoms with Crippen LogP contribution >= 0.6 is 11.6 Å². The number of nitrogens with two attached hydrogens (primary N) is 1. The number of hydrogen-bond acceptors (Lipinski definition) is 2. The molecule has 0 bridgehead atoms. The number of carbonyl (C=O) groups excluding carboxylic acids is 2. The number of benzene rings is 1. The minimum Gasteiger partial charge on any atom is -0.368 e. The van der Waals surface area contributed by atoms with Crippen molar-refractivity contribution in [3.05, 3.63) is 34.3 Å². The molecule has 0 spiro atoms. The summed E-state index contributed by atoms with van der Waals surface area (Å²) in [6.45, 7) is 1.66. The highest BCUT2D eigenvalue weighted by Crippen LogP contribution is 2.16. The van der Waals surface area contributed by atoms with Crippen molar-refractivity contribution < 1.29 is 9.59 Å². The summed E-state index contributed by atoms with van der Waals surface area (Å²) in [5.74, 6) is -0.947. The van der Waals surface area contributed by atoms with E-state index in [0.29, 0.717) is 10.6 Å². The Labute approximate surface area is 92.4 Å². The number of nitrogens with one attached hydrogen (secondary N) is 1. The molecule has 0 unspecified atom stereocenters. The van der Waals surface area contributed by atoms with E-state index in [1.807, 2.05) is 6.92 Å². The van der Waals surface area contributed by atoms with Gasteiger partial charge in [-0.15, -0.1) is 0 Å². The highest BCUT2D eigenvalue weighted by atomic mass is 35.5. The first kappa shape index (κ1) is 11.5. The molecule has 3 N–H and O–H groups in total. The van der Waals surface area contributed by atoms with Gasteiger partial charge in [-0.05, 0) is 24.6 Å². The van der Waals surface area contributed by atoms with Gasteiger partial charge >= 0.3 is 0 Å². The van der Waals surface area contributed by atoms with E-state index >= 15 is 0 Å². The minimum absolute atomic E-state index is 0.176. The van der Waals surface area contributed by atoms with Gasteiger partial charge in [0.2, 0.25) is 5.91 Å². The Morgan fingerprint density at radius 2 is 2.13 bits per heavy atom. The number of hydrogen-bond donors (Lipinski definition) is 2. The van der Waals surface area contributed by atoms with Crippen LogP contribution in [0.5, 0.6) is 0 Å². The lowest BCUT2D eigenvalue weighted by molar-refractivity contribution is -0.117. The number of amides is 2. The molecule has 1 aromatic rings. The van der Waals surface area contributed by atoms with Crippen LogP contribution in [-0.4, -0.2) is 18.4 Å². The third kappa shape index (κ3) is 3.25. The first-order chi connectivity index (χ1) is 7.00. The predicted octanol–water partition coefficient (Wildman–Crippen LogP) is 0.864. The van der Waals surface area contributed by atoms with Crippen LogP contribution in [0.4, 0.5) is 0 Å². The van der Waals surface area contributed by atoms with E-state index in [1.165, 1.54) is 0 Å². The Hall–Kier alpha value is -1.55. The van der Waals surface area contributed by atoms with Gasteiger partial charge in [0.25, 0.3) is 5.91 Å². The summed E-state index contributed by atoms with van der Waals surface area (Å²) in [6.07, 6.45) is 0. The number of aryl methyl sites for hydroxylation is 1. The Bertz CT molecular complexity index is 404. The van der Waals surface area contributed by atoms with E-state index in [-0.39, 0.29) is 12.5 Å². The molecule has 0 saturated carbocycles. The molecule has 0 heterocycles. The molecule has 0 aliphatic heterocycles. The molecule has 0 aromatic heterocycles. The Balaban J connectivity index is 2.74. The molecule has 0 fully saturated rings. The summed E-state index contributed by atoms with van der Waals surface area (Å²) in [4.78, 5) is 21.9. The van der Waals surface area contributed by atoms with Crippen molar-refractivity contribution in [1.82, 2.24) is 5.32 Å². The molecule has 0 atom stereocenters. The smallest absolute Gasteiger partial charge is 0.251 e. The SMILES string of the molecule is Cc1ccc(C(=O)NCC(N)=O)cc1Cl. The monoisotopic (exact) mass is 226 g/mol. The summed E-state index contributed by atoms with van der Waals surface area (Å²) in [5, 5.41) is 2.89. The lowest BCUT2D eigenvalue weighted by atomic mass is 10.1. The van der Waals surface area contributed by atoms with E-state index in [2.05, 4.69) is 5.32 Å². The van der Waals surface area contributed by atoms with Gasteiger partial charge in [0.05, 0.1) is 6.54 Å². The van der Waals surface area contributed by atoms with Crippen LogP contribution < -0.4 is 11.1 Å². The summed E-state index contributed by atoms with van der Waals surface area (Å²) in [7, 11) is 0. The first-order valence-electron chi connectivity index (χ1n) is 4.33. The summed E-state index contributed by atoms with van der Waals surface area (Å²) in [6, 6.07) is 4.92. The minimum atomic E-state index is -0.582. The molecule has 0 aliphatic carbocycles. The summed E-state index contributed by atoms with van der Waals surface area (Å²) >= 11 is 5.85. The molecular formula is C10H11ClN2O2. The fraction of sp³-hybridized carbons (Fsp3) is 0.200. The molecule has 5 heteroatoms. The second kappa shape index (κ2) is 4.79. The molecule has 0 saturated heterocycles. The number of halogens is 1. The number of primary amides is 1. The van der Waals surface area contributed by atoms with Crippen molar-refractivity contribution in [3.63, 3.8) is 0 Å². The third-order valence-electron chi connectivity index (χ3n) is 1.86. The second-order valence-electron chi connectivity index (χ2n) is 3.11. The lowest BCUT2D eigenvalue weighted by Crippen LogP contribution is -2.33. The first-order valence-corrected chi connectivity index (χ1v) is 4.71. The van der Waals surface area contributed by atoms with E-state index < -0.39 is 5.91 Å². The summed E-state index contributed by atoms with van der Waals surface area (Å²) in [5.41, 5.74) is 6.19. The molecule has 0 radical (unpaired) electrons. The van der Waals surface area contributed by atoms with Crippen LogP contribution in [0.1, 0.15) is 15.9 Å². The Morgan fingerprint density at radius 3 is 2.67 bits per heavy atom. The van der Waals surface area contributed by atoms with Crippen LogP contribution in [0.2, 0.25) is 5.02 Å². The van der Waals surface area contributed by atoms with Gasteiger partial charge in [-0.25, -0.2) is 0 Å². The van der Waals surface area contributed by atoms with Crippen LogP contribution in [0, 0.1) is 6.92 Å². The maximum Gasteiger partial charge on any atom is 0.251 e. The van der Waals surface area contributed by atoms with Gasteiger partial charge in [0.1, 0.15) is 0 Å². The Morgan fingerprint density at radius 1 is 1.47 bits per heavy atom. The van der Waals surface area contributed by atoms with Gasteiger partial charge in [-0.3, -0.25) is 9.59 Å². The molecule has 2 amide bonds. The quantitative estimate of drug-likeness (QED) is 0.803. The normalized spacial score (nSPS) is 9.73. The van der Waals surface area contributed by atoms with Crippen molar-refractivity contribution in [2.45, 2.75) is 6.92 Å².